The second-order valence-electron chi connectivity index (χ2n) is 8.79. The van der Waals surface area contributed by atoms with E-state index in [0.29, 0.717) is 17.7 Å². The quantitative estimate of drug-likeness (QED) is 0.206. The lowest BCUT2D eigenvalue weighted by atomic mass is 10.1. The molecule has 10 nitrogen and oxygen atoms in total. The van der Waals surface area contributed by atoms with Gasteiger partial charge in [-0.1, -0.05) is 55.6 Å². The molecule has 2 aromatic carbocycles. The number of hydrogen-bond donors (Lipinski definition) is 1. The minimum atomic E-state index is -4.06. The highest BCUT2D eigenvalue weighted by Gasteiger charge is 2.33. The minimum absolute atomic E-state index is 0.00813. The number of anilines is 1. The first-order chi connectivity index (χ1) is 17.8. The molecule has 1 atom stereocenters. The monoisotopic (exact) mass is 586 g/mol. The van der Waals surface area contributed by atoms with Gasteiger partial charge in [-0.15, -0.1) is 0 Å². The summed E-state index contributed by atoms with van der Waals surface area (Å²) in [4.78, 5) is 38.8. The third-order valence-electron chi connectivity index (χ3n) is 5.96. The molecule has 38 heavy (non-hydrogen) atoms. The summed E-state index contributed by atoms with van der Waals surface area (Å²) in [5.74, 6) is -1.09. The Balaban J connectivity index is 2.55. The van der Waals surface area contributed by atoms with Crippen molar-refractivity contribution in [1.29, 1.82) is 0 Å². The summed E-state index contributed by atoms with van der Waals surface area (Å²) in [5, 5.41) is 14.7. The van der Waals surface area contributed by atoms with Crippen molar-refractivity contribution in [2.24, 2.45) is 0 Å². The number of carbonyl (C=O) groups is 2. The minimum Gasteiger partial charge on any atom is -0.354 e. The second kappa shape index (κ2) is 13.8. The summed E-state index contributed by atoms with van der Waals surface area (Å²) >= 11 is 12.7. The average molecular weight is 588 g/mol. The zero-order chi connectivity index (χ0) is 28.6. The van der Waals surface area contributed by atoms with E-state index in [2.05, 4.69) is 5.32 Å². The van der Waals surface area contributed by atoms with Crippen LogP contribution in [0.15, 0.2) is 36.4 Å². The molecule has 2 aromatic rings. The number of non-ortho nitro benzene ring substituents is 1. The van der Waals surface area contributed by atoms with Crippen LogP contribution in [-0.2, 0) is 26.2 Å². The Kier molecular flexibility index (Phi) is 11.4. The van der Waals surface area contributed by atoms with Gasteiger partial charge in [-0.05, 0) is 37.5 Å². The fraction of sp³-hybridized carbons (Fsp3) is 0.440. The number of halogens is 2. The maximum Gasteiger partial charge on any atom is 0.271 e. The molecule has 0 saturated heterocycles. The Labute approximate surface area is 233 Å². The summed E-state index contributed by atoms with van der Waals surface area (Å²) in [7, 11) is -4.06. The molecule has 0 aliphatic carbocycles. The lowest BCUT2D eigenvalue weighted by Gasteiger charge is -2.33. The molecule has 208 valence electrons. The molecule has 2 amide bonds. The number of nitrogens with zero attached hydrogens (tertiary/aromatic N) is 3. The number of hydrogen-bond acceptors (Lipinski definition) is 6. The summed E-state index contributed by atoms with van der Waals surface area (Å²) in [6.07, 6.45) is 2.75. The number of carbonyl (C=O) groups excluding carboxylic acids is 2. The molecular weight excluding hydrogens is 555 g/mol. The molecule has 13 heteroatoms. The molecule has 0 spiro atoms. The van der Waals surface area contributed by atoms with Crippen LogP contribution in [-0.4, -0.2) is 55.4 Å². The van der Waals surface area contributed by atoms with E-state index in [1.807, 2.05) is 6.92 Å². The van der Waals surface area contributed by atoms with Gasteiger partial charge in [0, 0.05) is 40.8 Å². The van der Waals surface area contributed by atoms with Crippen molar-refractivity contribution in [2.75, 3.05) is 23.7 Å². The van der Waals surface area contributed by atoms with E-state index < -0.39 is 39.3 Å². The zero-order valence-electron chi connectivity index (χ0n) is 21.7. The van der Waals surface area contributed by atoms with Gasteiger partial charge in [-0.25, -0.2) is 8.42 Å². The smallest absolute Gasteiger partial charge is 0.271 e. The molecule has 0 radical (unpaired) electrons. The molecule has 0 aromatic heterocycles. The van der Waals surface area contributed by atoms with E-state index >= 15 is 0 Å². The number of sulfonamides is 1. The van der Waals surface area contributed by atoms with Crippen LogP contribution in [0.1, 0.15) is 44.2 Å². The van der Waals surface area contributed by atoms with Crippen LogP contribution >= 0.6 is 23.2 Å². The molecule has 2 rings (SSSR count). The molecule has 0 aliphatic heterocycles. The molecule has 1 N–H and O–H groups in total. The number of nitro groups is 1. The number of amides is 2. The van der Waals surface area contributed by atoms with Gasteiger partial charge < -0.3 is 10.2 Å². The normalized spacial score (nSPS) is 12.1. The van der Waals surface area contributed by atoms with Crippen molar-refractivity contribution in [3.63, 3.8) is 0 Å². The van der Waals surface area contributed by atoms with E-state index in [1.54, 1.807) is 32.0 Å². The standard InChI is InChI=1S/C25H32Cl2N4O6S/c1-5-7-13-28-25(33)22(6-2)29(15-19-20(26)9-8-10-21(19)27)24(32)16-30(38(4,36)37)23-14-18(31(34)35)12-11-17(23)3/h8-12,14,22H,5-7,13,15-16H2,1-4H3,(H,28,33). The molecular formula is C25H32Cl2N4O6S. The van der Waals surface area contributed by atoms with Crippen LogP contribution in [0.4, 0.5) is 11.4 Å². The average Bonchev–Trinajstić information content (AvgIpc) is 2.83. The van der Waals surface area contributed by atoms with Gasteiger partial charge in [0.1, 0.15) is 12.6 Å². The van der Waals surface area contributed by atoms with Crippen LogP contribution in [0.25, 0.3) is 0 Å². The summed E-state index contributed by atoms with van der Waals surface area (Å²) in [6.45, 7) is 4.87. The van der Waals surface area contributed by atoms with Crippen molar-refractivity contribution in [3.05, 3.63) is 67.7 Å². The number of benzene rings is 2. The summed E-state index contributed by atoms with van der Waals surface area (Å²) in [6, 6.07) is 7.67. The topological polar surface area (TPSA) is 130 Å². The Morgan fingerprint density at radius 3 is 2.29 bits per heavy atom. The van der Waals surface area contributed by atoms with Crippen molar-refractivity contribution < 1.29 is 22.9 Å². The first kappa shape index (κ1) is 31.3. The fourth-order valence-electron chi connectivity index (χ4n) is 3.85. The SMILES string of the molecule is CCCCNC(=O)C(CC)N(Cc1c(Cl)cccc1Cl)C(=O)CN(c1cc([N+](=O)[O-])ccc1C)S(C)(=O)=O. The molecule has 0 fully saturated rings. The summed E-state index contributed by atoms with van der Waals surface area (Å²) < 4.78 is 26.4. The Morgan fingerprint density at radius 2 is 1.76 bits per heavy atom. The lowest BCUT2D eigenvalue weighted by Crippen LogP contribution is -2.52. The molecule has 1 unspecified atom stereocenters. The van der Waals surface area contributed by atoms with Gasteiger partial charge in [0.25, 0.3) is 5.69 Å². The zero-order valence-corrected chi connectivity index (χ0v) is 24.1. The van der Waals surface area contributed by atoms with E-state index in [1.165, 1.54) is 17.0 Å². The third kappa shape index (κ3) is 8.05. The highest BCUT2D eigenvalue weighted by Crippen LogP contribution is 2.30. The molecule has 0 heterocycles. The van der Waals surface area contributed by atoms with Crippen molar-refractivity contribution in [2.45, 2.75) is 52.6 Å². The van der Waals surface area contributed by atoms with Crippen molar-refractivity contribution >= 4 is 56.4 Å². The number of rotatable bonds is 13. The number of unbranched alkanes of at least 4 members (excludes halogenated alkanes) is 1. The van der Waals surface area contributed by atoms with E-state index in [4.69, 9.17) is 23.2 Å². The Bertz CT molecular complexity index is 1270. The van der Waals surface area contributed by atoms with Crippen LogP contribution in [0.3, 0.4) is 0 Å². The lowest BCUT2D eigenvalue weighted by molar-refractivity contribution is -0.384. The highest BCUT2D eigenvalue weighted by molar-refractivity contribution is 7.92. The van der Waals surface area contributed by atoms with Crippen LogP contribution < -0.4 is 9.62 Å². The fourth-order valence-corrected chi connectivity index (χ4v) is 5.27. The van der Waals surface area contributed by atoms with Gasteiger partial charge in [-0.2, -0.15) is 0 Å². The summed E-state index contributed by atoms with van der Waals surface area (Å²) in [5.41, 5.74) is 0.486. The maximum absolute atomic E-state index is 13.8. The van der Waals surface area contributed by atoms with Crippen LogP contribution in [0.5, 0.6) is 0 Å². The van der Waals surface area contributed by atoms with Crippen molar-refractivity contribution in [3.8, 4) is 0 Å². The maximum atomic E-state index is 13.8. The Hall–Kier alpha value is -2.89. The molecule has 0 bridgehead atoms. The highest BCUT2D eigenvalue weighted by atomic mass is 35.5. The van der Waals surface area contributed by atoms with Gasteiger partial charge in [0.2, 0.25) is 21.8 Å². The predicted molar refractivity (Wildman–Crippen MR) is 149 cm³/mol. The van der Waals surface area contributed by atoms with Gasteiger partial charge in [0.05, 0.1) is 16.9 Å². The molecule has 0 saturated carbocycles. The third-order valence-corrected chi connectivity index (χ3v) is 7.79. The van der Waals surface area contributed by atoms with Crippen LogP contribution in [0.2, 0.25) is 10.0 Å². The number of nitro benzene ring substituents is 1. The van der Waals surface area contributed by atoms with Gasteiger partial charge in [-0.3, -0.25) is 24.0 Å². The van der Waals surface area contributed by atoms with E-state index in [0.717, 1.165) is 29.5 Å². The Morgan fingerprint density at radius 1 is 1.13 bits per heavy atom. The predicted octanol–water partition coefficient (Wildman–Crippen LogP) is 4.70. The first-order valence-corrected chi connectivity index (χ1v) is 14.6. The van der Waals surface area contributed by atoms with E-state index in [-0.39, 0.29) is 34.4 Å². The van der Waals surface area contributed by atoms with E-state index in [9.17, 15) is 28.1 Å². The van der Waals surface area contributed by atoms with Crippen molar-refractivity contribution in [1.82, 2.24) is 10.2 Å². The number of nitrogens with one attached hydrogen (secondary N) is 1. The van der Waals surface area contributed by atoms with Gasteiger partial charge >= 0.3 is 0 Å². The second-order valence-corrected chi connectivity index (χ2v) is 11.5. The largest absolute Gasteiger partial charge is 0.354 e. The molecule has 0 aliphatic rings. The van der Waals surface area contributed by atoms with Crippen LogP contribution in [0, 0.1) is 17.0 Å². The first-order valence-electron chi connectivity index (χ1n) is 12.0. The van der Waals surface area contributed by atoms with Gasteiger partial charge in [0.15, 0.2) is 0 Å². The number of aryl methyl sites for hydroxylation is 1.